The van der Waals surface area contributed by atoms with Crippen molar-refractivity contribution in [3.05, 3.63) is 57.3 Å². The summed E-state index contributed by atoms with van der Waals surface area (Å²) >= 11 is 9.19. The summed E-state index contributed by atoms with van der Waals surface area (Å²) in [6.07, 6.45) is 1.85. The highest BCUT2D eigenvalue weighted by molar-refractivity contribution is 9.10. The standard InChI is InChI=1S/C13H11BrClNO2/c1-18-13(17)12-6-10(14)8-16(12)7-9-2-4-11(15)5-3-9/h2-6,8H,7H2,1H3. The van der Waals surface area contributed by atoms with Crippen LogP contribution in [-0.4, -0.2) is 17.6 Å². The average molecular weight is 329 g/mol. The Morgan fingerprint density at radius 2 is 2.06 bits per heavy atom. The van der Waals surface area contributed by atoms with Crippen LogP contribution in [-0.2, 0) is 11.3 Å². The molecule has 0 amide bonds. The summed E-state index contributed by atoms with van der Waals surface area (Å²) in [5.41, 5.74) is 1.58. The molecule has 5 heteroatoms. The molecule has 0 aliphatic heterocycles. The van der Waals surface area contributed by atoms with Crippen molar-refractivity contribution in [3.63, 3.8) is 0 Å². The normalized spacial score (nSPS) is 10.4. The SMILES string of the molecule is COC(=O)c1cc(Br)cn1Cc1ccc(Cl)cc1. The van der Waals surface area contributed by atoms with Crippen LogP contribution in [0.2, 0.25) is 5.02 Å². The van der Waals surface area contributed by atoms with Crippen molar-refractivity contribution >= 4 is 33.5 Å². The maximum absolute atomic E-state index is 11.6. The second-order valence-corrected chi connectivity index (χ2v) is 5.14. The third-order valence-electron chi connectivity index (χ3n) is 2.52. The molecule has 1 heterocycles. The highest BCUT2D eigenvalue weighted by Crippen LogP contribution is 2.18. The van der Waals surface area contributed by atoms with E-state index in [1.807, 2.05) is 35.0 Å². The first-order valence-corrected chi connectivity index (χ1v) is 6.45. The predicted molar refractivity (Wildman–Crippen MR) is 74.0 cm³/mol. The Balaban J connectivity index is 2.28. The third kappa shape index (κ3) is 2.94. The minimum Gasteiger partial charge on any atom is -0.464 e. The van der Waals surface area contributed by atoms with Gasteiger partial charge in [0.2, 0.25) is 0 Å². The van der Waals surface area contributed by atoms with Gasteiger partial charge in [0.1, 0.15) is 5.69 Å². The molecular formula is C13H11BrClNO2. The number of halogens is 2. The quantitative estimate of drug-likeness (QED) is 0.804. The topological polar surface area (TPSA) is 31.2 Å². The first-order chi connectivity index (χ1) is 8.60. The van der Waals surface area contributed by atoms with Crippen LogP contribution in [0.4, 0.5) is 0 Å². The van der Waals surface area contributed by atoms with E-state index in [-0.39, 0.29) is 5.97 Å². The first kappa shape index (κ1) is 13.2. The lowest BCUT2D eigenvalue weighted by molar-refractivity contribution is 0.0589. The van der Waals surface area contributed by atoms with Crippen molar-refractivity contribution in [1.82, 2.24) is 4.57 Å². The zero-order valence-electron chi connectivity index (χ0n) is 9.69. The number of benzene rings is 1. The van der Waals surface area contributed by atoms with Crippen LogP contribution in [0.3, 0.4) is 0 Å². The molecule has 0 aliphatic rings. The Morgan fingerprint density at radius 1 is 1.39 bits per heavy atom. The number of rotatable bonds is 3. The summed E-state index contributed by atoms with van der Waals surface area (Å²) in [4.78, 5) is 11.6. The highest BCUT2D eigenvalue weighted by atomic mass is 79.9. The zero-order valence-corrected chi connectivity index (χ0v) is 12.0. The van der Waals surface area contributed by atoms with Crippen LogP contribution in [0.1, 0.15) is 16.1 Å². The number of hydrogen-bond donors (Lipinski definition) is 0. The molecule has 0 radical (unpaired) electrons. The summed E-state index contributed by atoms with van der Waals surface area (Å²) < 4.78 is 7.42. The van der Waals surface area contributed by atoms with Gasteiger partial charge in [0.15, 0.2) is 0 Å². The van der Waals surface area contributed by atoms with Gasteiger partial charge in [-0.3, -0.25) is 0 Å². The molecule has 2 rings (SSSR count). The minimum atomic E-state index is -0.352. The molecule has 0 aliphatic carbocycles. The molecule has 0 unspecified atom stereocenters. The lowest BCUT2D eigenvalue weighted by Crippen LogP contribution is -2.10. The number of carbonyl (C=O) groups is 1. The first-order valence-electron chi connectivity index (χ1n) is 5.28. The van der Waals surface area contributed by atoms with Crippen LogP contribution in [0.25, 0.3) is 0 Å². The van der Waals surface area contributed by atoms with E-state index in [4.69, 9.17) is 16.3 Å². The average Bonchev–Trinajstić information content (AvgIpc) is 2.72. The molecule has 0 atom stereocenters. The molecule has 3 nitrogen and oxygen atoms in total. The van der Waals surface area contributed by atoms with Crippen LogP contribution < -0.4 is 0 Å². The summed E-state index contributed by atoms with van der Waals surface area (Å²) in [6, 6.07) is 9.25. The molecule has 0 bridgehead atoms. The van der Waals surface area contributed by atoms with Gasteiger partial charge in [0.05, 0.1) is 7.11 Å². The monoisotopic (exact) mass is 327 g/mol. The van der Waals surface area contributed by atoms with Crippen molar-refractivity contribution in [2.24, 2.45) is 0 Å². The molecule has 1 aromatic heterocycles. The van der Waals surface area contributed by atoms with Gasteiger partial charge in [0.25, 0.3) is 0 Å². The summed E-state index contributed by atoms with van der Waals surface area (Å²) in [5.74, 6) is -0.352. The molecule has 94 valence electrons. The number of nitrogens with zero attached hydrogens (tertiary/aromatic N) is 1. The lowest BCUT2D eigenvalue weighted by atomic mass is 10.2. The van der Waals surface area contributed by atoms with E-state index in [0.717, 1.165) is 10.0 Å². The van der Waals surface area contributed by atoms with Gasteiger partial charge in [-0.2, -0.15) is 0 Å². The van der Waals surface area contributed by atoms with Gasteiger partial charge in [0, 0.05) is 22.2 Å². The number of carbonyl (C=O) groups excluding carboxylic acids is 1. The van der Waals surface area contributed by atoms with E-state index in [1.54, 1.807) is 6.07 Å². The number of methoxy groups -OCH3 is 1. The minimum absolute atomic E-state index is 0.352. The molecule has 18 heavy (non-hydrogen) atoms. The fourth-order valence-corrected chi connectivity index (χ4v) is 2.26. The van der Waals surface area contributed by atoms with Crippen LogP contribution in [0.5, 0.6) is 0 Å². The number of ether oxygens (including phenoxy) is 1. The zero-order chi connectivity index (χ0) is 13.1. The molecule has 0 N–H and O–H groups in total. The number of hydrogen-bond acceptors (Lipinski definition) is 2. The Morgan fingerprint density at radius 3 is 2.67 bits per heavy atom. The molecule has 0 spiro atoms. The lowest BCUT2D eigenvalue weighted by Gasteiger charge is -2.07. The van der Waals surface area contributed by atoms with E-state index in [0.29, 0.717) is 17.3 Å². The van der Waals surface area contributed by atoms with Gasteiger partial charge in [-0.1, -0.05) is 23.7 Å². The van der Waals surface area contributed by atoms with Gasteiger partial charge in [-0.05, 0) is 39.7 Å². The number of esters is 1. The van der Waals surface area contributed by atoms with Crippen molar-refractivity contribution < 1.29 is 9.53 Å². The summed E-state index contributed by atoms with van der Waals surface area (Å²) in [7, 11) is 1.37. The predicted octanol–water partition coefficient (Wildman–Crippen LogP) is 3.74. The Hall–Kier alpha value is -1.26. The van der Waals surface area contributed by atoms with Gasteiger partial charge >= 0.3 is 5.97 Å². The van der Waals surface area contributed by atoms with E-state index in [9.17, 15) is 4.79 Å². The van der Waals surface area contributed by atoms with Crippen molar-refractivity contribution in [2.75, 3.05) is 7.11 Å². The molecular weight excluding hydrogens is 318 g/mol. The molecule has 0 saturated carbocycles. The van der Waals surface area contributed by atoms with Crippen LogP contribution >= 0.6 is 27.5 Å². The fraction of sp³-hybridized carbons (Fsp3) is 0.154. The summed E-state index contributed by atoms with van der Waals surface area (Å²) in [5, 5.41) is 0.695. The second-order valence-electron chi connectivity index (χ2n) is 3.79. The second kappa shape index (κ2) is 5.59. The van der Waals surface area contributed by atoms with E-state index < -0.39 is 0 Å². The Kier molecular flexibility index (Phi) is 4.09. The number of aromatic nitrogens is 1. The maximum Gasteiger partial charge on any atom is 0.354 e. The molecule has 2 aromatic rings. The van der Waals surface area contributed by atoms with E-state index in [2.05, 4.69) is 15.9 Å². The maximum atomic E-state index is 11.6. The third-order valence-corrected chi connectivity index (χ3v) is 3.21. The Bertz CT molecular complexity index is 563. The van der Waals surface area contributed by atoms with Crippen LogP contribution in [0, 0.1) is 0 Å². The van der Waals surface area contributed by atoms with E-state index >= 15 is 0 Å². The van der Waals surface area contributed by atoms with E-state index in [1.165, 1.54) is 7.11 Å². The Labute approximate surface area is 118 Å². The van der Waals surface area contributed by atoms with Crippen molar-refractivity contribution in [2.45, 2.75) is 6.54 Å². The molecule has 1 aromatic carbocycles. The summed E-state index contributed by atoms with van der Waals surface area (Å²) in [6.45, 7) is 0.590. The molecule has 0 saturated heterocycles. The van der Waals surface area contributed by atoms with Gasteiger partial charge in [-0.15, -0.1) is 0 Å². The van der Waals surface area contributed by atoms with Gasteiger partial charge < -0.3 is 9.30 Å². The highest BCUT2D eigenvalue weighted by Gasteiger charge is 2.13. The van der Waals surface area contributed by atoms with Crippen LogP contribution in [0.15, 0.2) is 41.0 Å². The van der Waals surface area contributed by atoms with Crippen molar-refractivity contribution in [3.8, 4) is 0 Å². The van der Waals surface area contributed by atoms with Crippen molar-refractivity contribution in [1.29, 1.82) is 0 Å². The largest absolute Gasteiger partial charge is 0.464 e. The fourth-order valence-electron chi connectivity index (χ4n) is 1.67. The van der Waals surface area contributed by atoms with Gasteiger partial charge in [-0.25, -0.2) is 4.79 Å². The molecule has 0 fully saturated rings. The smallest absolute Gasteiger partial charge is 0.354 e.